The number of hydrogen-bond donors (Lipinski definition) is 0. The topological polar surface area (TPSA) is 0 Å². The highest BCUT2D eigenvalue weighted by atomic mass is 14.3. The van der Waals surface area contributed by atoms with E-state index in [1.54, 1.807) is 0 Å². The van der Waals surface area contributed by atoms with E-state index in [-0.39, 0.29) is 0 Å². The van der Waals surface area contributed by atoms with Gasteiger partial charge in [-0.3, -0.25) is 0 Å². The van der Waals surface area contributed by atoms with Crippen LogP contribution in [0.4, 0.5) is 0 Å². The second-order valence-electron chi connectivity index (χ2n) is 15.1. The molecule has 12 rings (SSSR count). The predicted octanol–water partition coefficient (Wildman–Crippen LogP) is 15.8. The first-order valence-electron chi connectivity index (χ1n) is 19.5. The van der Waals surface area contributed by atoms with Gasteiger partial charge in [0.1, 0.15) is 0 Å². The monoisotopic (exact) mass is 706 g/mol. The average molecular weight is 707 g/mol. The Labute approximate surface area is 325 Å². The quantitative estimate of drug-likeness (QED) is 0.160. The number of hydrogen-bond acceptors (Lipinski definition) is 0. The Bertz CT molecular complexity index is 3370. The summed E-state index contributed by atoms with van der Waals surface area (Å²) in [4.78, 5) is 0. The van der Waals surface area contributed by atoms with Gasteiger partial charge >= 0.3 is 0 Å². The van der Waals surface area contributed by atoms with Crippen LogP contribution in [-0.4, -0.2) is 0 Å². The smallest absolute Gasteiger partial charge is 0.00199 e. The van der Waals surface area contributed by atoms with Crippen LogP contribution >= 0.6 is 0 Å². The van der Waals surface area contributed by atoms with Crippen LogP contribution < -0.4 is 0 Å². The second kappa shape index (κ2) is 12.1. The first-order chi connectivity index (χ1) is 27.8. The summed E-state index contributed by atoms with van der Waals surface area (Å²) in [7, 11) is 0. The van der Waals surface area contributed by atoms with Gasteiger partial charge in [0.15, 0.2) is 0 Å². The maximum absolute atomic E-state index is 2.46. The van der Waals surface area contributed by atoms with Gasteiger partial charge in [0.05, 0.1) is 0 Å². The maximum Gasteiger partial charge on any atom is -0.00199 e. The van der Waals surface area contributed by atoms with Crippen LogP contribution in [0.15, 0.2) is 206 Å². The number of fused-ring (bicyclic) bond motifs is 7. The third kappa shape index (κ3) is 4.48. The Balaban J connectivity index is 1.13. The lowest BCUT2D eigenvalue weighted by molar-refractivity contribution is 1.65. The SMILES string of the molecule is c1ccc(-c2c3ccccc3c(-c3cccc4ccccc34)c3cc(-c4cccc5c(-c6ccc7c8c(cccc68)-c6ccccc6-7)cccc45)ccc23)cc1. The summed E-state index contributed by atoms with van der Waals surface area (Å²) in [6.07, 6.45) is 0. The van der Waals surface area contributed by atoms with Gasteiger partial charge in [0.2, 0.25) is 0 Å². The van der Waals surface area contributed by atoms with Gasteiger partial charge in [-0.15, -0.1) is 0 Å². The van der Waals surface area contributed by atoms with Gasteiger partial charge in [0, 0.05) is 0 Å². The van der Waals surface area contributed by atoms with Crippen molar-refractivity contribution in [2.24, 2.45) is 0 Å². The molecule has 0 bridgehead atoms. The Hall–Kier alpha value is -7.28. The van der Waals surface area contributed by atoms with Crippen molar-refractivity contribution in [3.8, 4) is 66.8 Å². The van der Waals surface area contributed by atoms with E-state index in [1.807, 2.05) is 0 Å². The lowest BCUT2D eigenvalue weighted by Gasteiger charge is -2.20. The fraction of sp³-hybridized carbons (Fsp3) is 0. The second-order valence-corrected chi connectivity index (χ2v) is 15.1. The molecule has 11 aromatic carbocycles. The first-order valence-corrected chi connectivity index (χ1v) is 19.5. The minimum absolute atomic E-state index is 1.21. The van der Waals surface area contributed by atoms with Crippen LogP contribution in [0.2, 0.25) is 0 Å². The summed E-state index contributed by atoms with van der Waals surface area (Å²) in [5, 5.41) is 12.8. The standard InChI is InChI=1S/C56H34/c1-2-15-36(16-3-1)54-49-21-8-9-22-50(49)56(46-27-10-17-35-14-4-5-18-38(35)46)53-34-37(30-31-52(53)54)39-23-11-25-41-40(39)24-12-26-42(41)45-32-33-51-44-20-7-6-19-43(44)47-28-13-29-48(45)55(47)51/h1-34H. The molecule has 258 valence electrons. The van der Waals surface area contributed by atoms with Crippen LogP contribution in [0.5, 0.6) is 0 Å². The zero-order valence-electron chi connectivity index (χ0n) is 30.6. The minimum atomic E-state index is 1.21. The van der Waals surface area contributed by atoms with E-state index in [9.17, 15) is 0 Å². The Morgan fingerprint density at radius 1 is 0.196 bits per heavy atom. The molecule has 0 fully saturated rings. The molecule has 56 heavy (non-hydrogen) atoms. The molecule has 0 nitrogen and oxygen atoms in total. The molecular weight excluding hydrogens is 673 g/mol. The van der Waals surface area contributed by atoms with Crippen LogP contribution in [0, 0.1) is 0 Å². The van der Waals surface area contributed by atoms with Crippen molar-refractivity contribution in [1.29, 1.82) is 0 Å². The molecule has 11 aromatic rings. The molecule has 0 saturated heterocycles. The van der Waals surface area contributed by atoms with Crippen molar-refractivity contribution in [2.75, 3.05) is 0 Å². The molecule has 0 saturated carbocycles. The summed E-state index contributed by atoms with van der Waals surface area (Å²) in [6.45, 7) is 0. The molecule has 0 radical (unpaired) electrons. The maximum atomic E-state index is 2.46. The third-order valence-electron chi connectivity index (χ3n) is 12.2. The van der Waals surface area contributed by atoms with Crippen molar-refractivity contribution in [1.82, 2.24) is 0 Å². The fourth-order valence-corrected chi connectivity index (χ4v) is 9.84. The predicted molar refractivity (Wildman–Crippen MR) is 240 cm³/mol. The molecule has 0 atom stereocenters. The zero-order chi connectivity index (χ0) is 36.7. The molecule has 0 unspecified atom stereocenters. The normalized spacial score (nSPS) is 11.9. The number of benzene rings is 11. The van der Waals surface area contributed by atoms with E-state index in [1.165, 1.54) is 121 Å². The van der Waals surface area contributed by atoms with E-state index in [0.29, 0.717) is 0 Å². The van der Waals surface area contributed by atoms with Crippen LogP contribution in [0.1, 0.15) is 0 Å². The molecule has 0 heterocycles. The summed E-state index contributed by atoms with van der Waals surface area (Å²) in [5.74, 6) is 0. The van der Waals surface area contributed by atoms with Gasteiger partial charge in [-0.2, -0.15) is 0 Å². The van der Waals surface area contributed by atoms with E-state index >= 15 is 0 Å². The Morgan fingerprint density at radius 2 is 0.679 bits per heavy atom. The van der Waals surface area contributed by atoms with Crippen LogP contribution in [0.25, 0.3) is 121 Å². The summed E-state index contributed by atoms with van der Waals surface area (Å²) >= 11 is 0. The highest BCUT2D eigenvalue weighted by molar-refractivity contribution is 6.25. The molecule has 0 spiro atoms. The van der Waals surface area contributed by atoms with Crippen molar-refractivity contribution in [2.45, 2.75) is 0 Å². The molecule has 1 aliphatic rings. The van der Waals surface area contributed by atoms with Gasteiger partial charge < -0.3 is 0 Å². The molecule has 0 heteroatoms. The van der Waals surface area contributed by atoms with E-state index in [2.05, 4.69) is 206 Å². The lowest BCUT2D eigenvalue weighted by atomic mass is 9.83. The summed E-state index contributed by atoms with van der Waals surface area (Å²) in [6, 6.07) is 76.6. The number of rotatable bonds is 4. The average Bonchev–Trinajstić information content (AvgIpc) is 3.60. The molecular formula is C56H34. The largest absolute Gasteiger partial charge is 0.0622 e. The minimum Gasteiger partial charge on any atom is -0.0622 e. The summed E-state index contributed by atoms with van der Waals surface area (Å²) < 4.78 is 0. The van der Waals surface area contributed by atoms with E-state index in [4.69, 9.17) is 0 Å². The molecule has 0 aliphatic heterocycles. The van der Waals surface area contributed by atoms with Crippen molar-refractivity contribution in [3.05, 3.63) is 206 Å². The van der Waals surface area contributed by atoms with Gasteiger partial charge in [-0.25, -0.2) is 0 Å². The highest BCUT2D eigenvalue weighted by Gasteiger charge is 2.23. The van der Waals surface area contributed by atoms with Gasteiger partial charge in [0.25, 0.3) is 0 Å². The molecule has 0 N–H and O–H groups in total. The Morgan fingerprint density at radius 3 is 1.48 bits per heavy atom. The lowest BCUT2D eigenvalue weighted by Crippen LogP contribution is -1.93. The molecule has 0 amide bonds. The van der Waals surface area contributed by atoms with Crippen molar-refractivity contribution >= 4 is 53.9 Å². The van der Waals surface area contributed by atoms with Gasteiger partial charge in [-0.05, 0) is 127 Å². The van der Waals surface area contributed by atoms with Crippen molar-refractivity contribution < 1.29 is 0 Å². The molecule has 1 aliphatic carbocycles. The summed E-state index contributed by atoms with van der Waals surface area (Å²) in [5.41, 5.74) is 15.4. The Kier molecular flexibility index (Phi) is 6.73. The fourth-order valence-electron chi connectivity index (χ4n) is 9.84. The van der Waals surface area contributed by atoms with Crippen LogP contribution in [0.3, 0.4) is 0 Å². The van der Waals surface area contributed by atoms with Crippen LogP contribution in [-0.2, 0) is 0 Å². The zero-order valence-corrected chi connectivity index (χ0v) is 30.6. The van der Waals surface area contributed by atoms with Gasteiger partial charge in [-0.1, -0.05) is 200 Å². The van der Waals surface area contributed by atoms with E-state index < -0.39 is 0 Å². The van der Waals surface area contributed by atoms with Crippen molar-refractivity contribution in [3.63, 3.8) is 0 Å². The first kappa shape index (κ1) is 31.1. The molecule has 0 aromatic heterocycles. The third-order valence-corrected chi connectivity index (χ3v) is 12.2. The highest BCUT2D eigenvalue weighted by Crippen LogP contribution is 2.51. The van der Waals surface area contributed by atoms with E-state index in [0.717, 1.165) is 0 Å².